The second kappa shape index (κ2) is 2.06. The van der Waals surface area contributed by atoms with Gasteiger partial charge in [0.15, 0.2) is 0 Å². The predicted molar refractivity (Wildman–Crippen MR) is 42.1 cm³/mol. The molecule has 1 aliphatic rings. The van der Waals surface area contributed by atoms with Crippen molar-refractivity contribution in [3.8, 4) is 0 Å². The molecule has 0 bridgehead atoms. The Kier molecular flexibility index (Phi) is 1.28. The Bertz CT molecular complexity index is 262. The molecule has 0 N–H and O–H groups in total. The Morgan fingerprint density at radius 1 is 1.55 bits per heavy atom. The van der Waals surface area contributed by atoms with Crippen LogP contribution in [0.3, 0.4) is 0 Å². The van der Waals surface area contributed by atoms with E-state index in [0.717, 1.165) is 18.8 Å². The van der Waals surface area contributed by atoms with Gasteiger partial charge in [-0.15, -0.1) is 0 Å². The van der Waals surface area contributed by atoms with E-state index in [1.54, 1.807) is 6.33 Å². The molecular weight excluding hydrogens is 138 g/mol. The molecule has 0 radical (unpaired) electrons. The minimum absolute atomic E-state index is 0.420. The van der Waals surface area contributed by atoms with Crippen LogP contribution >= 0.6 is 0 Å². The number of hydrogen-bond donors (Lipinski definition) is 0. The van der Waals surface area contributed by atoms with E-state index in [4.69, 9.17) is 0 Å². The third-order valence-corrected chi connectivity index (χ3v) is 2.33. The fourth-order valence-corrected chi connectivity index (χ4v) is 1.54. The number of rotatable bonds is 0. The van der Waals surface area contributed by atoms with Gasteiger partial charge in [0.2, 0.25) is 0 Å². The minimum atomic E-state index is 0.420. The Morgan fingerprint density at radius 2 is 2.36 bits per heavy atom. The van der Waals surface area contributed by atoms with E-state index in [0.29, 0.717) is 5.41 Å². The van der Waals surface area contributed by atoms with Crippen molar-refractivity contribution in [3.05, 3.63) is 12.2 Å². The molecule has 60 valence electrons. The SMILES string of the molecule is CC1(C)CCn2ncnc2C1. The Labute approximate surface area is 66.4 Å². The average Bonchev–Trinajstić information content (AvgIpc) is 2.31. The highest BCUT2D eigenvalue weighted by Crippen LogP contribution is 2.29. The highest BCUT2D eigenvalue weighted by Gasteiger charge is 2.26. The number of nitrogens with zero attached hydrogens (tertiary/aromatic N) is 3. The van der Waals surface area contributed by atoms with Gasteiger partial charge in [0.25, 0.3) is 0 Å². The summed E-state index contributed by atoms with van der Waals surface area (Å²) in [7, 11) is 0. The zero-order chi connectivity index (χ0) is 7.90. The third-order valence-electron chi connectivity index (χ3n) is 2.33. The van der Waals surface area contributed by atoms with Crippen LogP contribution in [0.4, 0.5) is 0 Å². The smallest absolute Gasteiger partial charge is 0.138 e. The summed E-state index contributed by atoms with van der Waals surface area (Å²) in [6.45, 7) is 5.60. The van der Waals surface area contributed by atoms with Gasteiger partial charge in [-0.1, -0.05) is 13.8 Å². The van der Waals surface area contributed by atoms with Crippen molar-refractivity contribution in [1.82, 2.24) is 14.8 Å². The maximum absolute atomic E-state index is 4.20. The molecule has 1 aromatic rings. The van der Waals surface area contributed by atoms with Gasteiger partial charge in [-0.2, -0.15) is 5.10 Å². The molecule has 0 aliphatic carbocycles. The predicted octanol–water partition coefficient (Wildman–Crippen LogP) is 1.25. The van der Waals surface area contributed by atoms with E-state index in [-0.39, 0.29) is 0 Å². The topological polar surface area (TPSA) is 30.7 Å². The zero-order valence-electron chi connectivity index (χ0n) is 7.04. The molecule has 1 aromatic heterocycles. The van der Waals surface area contributed by atoms with Crippen LogP contribution in [0.5, 0.6) is 0 Å². The molecular formula is C8H13N3. The van der Waals surface area contributed by atoms with Gasteiger partial charge < -0.3 is 0 Å². The van der Waals surface area contributed by atoms with E-state index in [2.05, 4.69) is 23.9 Å². The summed E-state index contributed by atoms with van der Waals surface area (Å²) in [6.07, 6.45) is 3.92. The van der Waals surface area contributed by atoms with E-state index >= 15 is 0 Å². The first-order chi connectivity index (χ1) is 5.17. The lowest BCUT2D eigenvalue weighted by Crippen LogP contribution is -2.26. The summed E-state index contributed by atoms with van der Waals surface area (Å²) in [6, 6.07) is 0. The molecule has 0 fully saturated rings. The highest BCUT2D eigenvalue weighted by atomic mass is 15.3. The van der Waals surface area contributed by atoms with Crippen molar-refractivity contribution in [2.45, 2.75) is 33.2 Å². The zero-order valence-corrected chi connectivity index (χ0v) is 7.04. The standard InChI is InChI=1S/C8H13N3/c1-8(2)3-4-11-7(5-8)9-6-10-11/h6H,3-5H2,1-2H3. The van der Waals surface area contributed by atoms with Crippen LogP contribution < -0.4 is 0 Å². The molecule has 2 heterocycles. The first kappa shape index (κ1) is 6.83. The fourth-order valence-electron chi connectivity index (χ4n) is 1.54. The molecule has 0 atom stereocenters. The molecule has 2 rings (SSSR count). The molecule has 11 heavy (non-hydrogen) atoms. The summed E-state index contributed by atoms with van der Waals surface area (Å²) < 4.78 is 2.01. The van der Waals surface area contributed by atoms with Gasteiger partial charge in [0, 0.05) is 13.0 Å². The van der Waals surface area contributed by atoms with Gasteiger partial charge in [0.1, 0.15) is 12.2 Å². The number of aryl methyl sites for hydroxylation is 1. The maximum Gasteiger partial charge on any atom is 0.138 e. The first-order valence-corrected chi connectivity index (χ1v) is 4.04. The summed E-state index contributed by atoms with van der Waals surface area (Å²) in [5.74, 6) is 1.14. The van der Waals surface area contributed by atoms with Crippen molar-refractivity contribution in [3.63, 3.8) is 0 Å². The second-order valence-corrected chi connectivity index (χ2v) is 3.99. The number of hydrogen-bond acceptors (Lipinski definition) is 2. The van der Waals surface area contributed by atoms with E-state index in [1.165, 1.54) is 6.42 Å². The Balaban J connectivity index is 2.32. The van der Waals surface area contributed by atoms with Crippen LogP contribution in [-0.4, -0.2) is 14.8 Å². The fraction of sp³-hybridized carbons (Fsp3) is 0.750. The largest absolute Gasteiger partial charge is 0.250 e. The lowest BCUT2D eigenvalue weighted by molar-refractivity contribution is 0.256. The summed E-state index contributed by atoms with van der Waals surface area (Å²) in [5.41, 5.74) is 0.420. The lowest BCUT2D eigenvalue weighted by Gasteiger charge is -2.28. The van der Waals surface area contributed by atoms with Crippen molar-refractivity contribution < 1.29 is 0 Å². The van der Waals surface area contributed by atoms with E-state index < -0.39 is 0 Å². The Morgan fingerprint density at radius 3 is 3.18 bits per heavy atom. The van der Waals surface area contributed by atoms with Gasteiger partial charge in [0.05, 0.1) is 0 Å². The Hall–Kier alpha value is -0.860. The van der Waals surface area contributed by atoms with Crippen molar-refractivity contribution in [2.75, 3.05) is 0 Å². The summed E-state index contributed by atoms with van der Waals surface area (Å²) in [4.78, 5) is 4.20. The molecule has 0 aromatic carbocycles. The minimum Gasteiger partial charge on any atom is -0.250 e. The quantitative estimate of drug-likeness (QED) is 0.558. The van der Waals surface area contributed by atoms with Crippen LogP contribution in [0.1, 0.15) is 26.1 Å². The normalized spacial score (nSPS) is 21.3. The van der Waals surface area contributed by atoms with Crippen molar-refractivity contribution >= 4 is 0 Å². The molecule has 0 saturated heterocycles. The lowest BCUT2D eigenvalue weighted by atomic mass is 9.83. The van der Waals surface area contributed by atoms with Crippen LogP contribution in [0.15, 0.2) is 6.33 Å². The van der Waals surface area contributed by atoms with E-state index in [9.17, 15) is 0 Å². The first-order valence-electron chi connectivity index (χ1n) is 4.04. The second-order valence-electron chi connectivity index (χ2n) is 3.99. The van der Waals surface area contributed by atoms with Gasteiger partial charge in [-0.25, -0.2) is 4.98 Å². The van der Waals surface area contributed by atoms with Crippen molar-refractivity contribution in [1.29, 1.82) is 0 Å². The molecule has 3 heteroatoms. The average molecular weight is 151 g/mol. The summed E-state index contributed by atoms with van der Waals surface area (Å²) >= 11 is 0. The monoisotopic (exact) mass is 151 g/mol. The molecule has 0 amide bonds. The van der Waals surface area contributed by atoms with Crippen LogP contribution in [-0.2, 0) is 13.0 Å². The highest BCUT2D eigenvalue weighted by molar-refractivity contribution is 4.94. The number of fused-ring (bicyclic) bond motifs is 1. The van der Waals surface area contributed by atoms with Gasteiger partial charge in [-0.3, -0.25) is 4.68 Å². The van der Waals surface area contributed by atoms with Crippen LogP contribution in [0.2, 0.25) is 0 Å². The van der Waals surface area contributed by atoms with Crippen LogP contribution in [0, 0.1) is 5.41 Å². The molecule has 3 nitrogen and oxygen atoms in total. The van der Waals surface area contributed by atoms with Crippen LogP contribution in [0.25, 0.3) is 0 Å². The third kappa shape index (κ3) is 1.15. The van der Waals surface area contributed by atoms with Crippen molar-refractivity contribution in [2.24, 2.45) is 5.41 Å². The van der Waals surface area contributed by atoms with Gasteiger partial charge in [-0.05, 0) is 11.8 Å². The van der Waals surface area contributed by atoms with Gasteiger partial charge >= 0.3 is 0 Å². The maximum atomic E-state index is 4.20. The molecule has 0 spiro atoms. The molecule has 0 saturated carbocycles. The van der Waals surface area contributed by atoms with E-state index in [1.807, 2.05) is 4.68 Å². The molecule has 0 unspecified atom stereocenters. The summed E-state index contributed by atoms with van der Waals surface area (Å²) in [5, 5.41) is 4.13. The molecule has 1 aliphatic heterocycles. The number of aromatic nitrogens is 3.